The number of hydrogen-bond donors (Lipinski definition) is 1. The highest BCUT2D eigenvalue weighted by Crippen LogP contribution is 2.20. The van der Waals surface area contributed by atoms with Crippen LogP contribution in [0.25, 0.3) is 0 Å². The minimum absolute atomic E-state index is 0.119. The first kappa shape index (κ1) is 16.4. The van der Waals surface area contributed by atoms with Gasteiger partial charge in [0, 0.05) is 38.7 Å². The first-order valence-corrected chi connectivity index (χ1v) is 8.02. The summed E-state index contributed by atoms with van der Waals surface area (Å²) in [6, 6.07) is 3.00. The van der Waals surface area contributed by atoms with Crippen LogP contribution in [-0.2, 0) is 24.8 Å². The molecule has 1 aliphatic rings. The minimum Gasteiger partial charge on any atom is -0.360 e. The molecule has 0 saturated carbocycles. The van der Waals surface area contributed by atoms with E-state index in [-0.39, 0.29) is 17.5 Å². The summed E-state index contributed by atoms with van der Waals surface area (Å²) in [6.07, 6.45) is 1.38. The second kappa shape index (κ2) is 6.56. The van der Waals surface area contributed by atoms with Gasteiger partial charge in [-0.15, -0.1) is 0 Å². The number of aromatic nitrogens is 3. The molecule has 0 spiro atoms. The Labute approximate surface area is 139 Å². The van der Waals surface area contributed by atoms with Gasteiger partial charge in [-0.3, -0.25) is 14.5 Å². The number of hydrogen-bond acceptors (Lipinski definition) is 6. The molecule has 3 heterocycles. The number of nitrogens with zero attached hydrogens (tertiary/aromatic N) is 4. The standard InChI is InChI=1S/C16H21N5O3/c1-4-13(16(23)17-14-7-10(2)24-19-14)21-6-5-12-11(9-21)8-15(22)20(3)18-12/h7-8,13H,4-6,9H2,1-3H3,(H,17,19,23)/t13-/m0/s1. The fourth-order valence-electron chi connectivity index (χ4n) is 3.03. The molecule has 3 rings (SSSR count). The third-order valence-electron chi connectivity index (χ3n) is 4.28. The van der Waals surface area contributed by atoms with Crippen LogP contribution in [0.15, 0.2) is 21.5 Å². The van der Waals surface area contributed by atoms with Crippen LogP contribution in [0.5, 0.6) is 0 Å². The number of carbonyl (C=O) groups is 1. The lowest BCUT2D eigenvalue weighted by Gasteiger charge is -2.33. The van der Waals surface area contributed by atoms with Gasteiger partial charge in [-0.1, -0.05) is 12.1 Å². The highest BCUT2D eigenvalue weighted by Gasteiger charge is 2.29. The molecule has 0 aromatic carbocycles. The number of carbonyl (C=O) groups excluding carboxylic acids is 1. The van der Waals surface area contributed by atoms with Gasteiger partial charge in [0.1, 0.15) is 5.76 Å². The average molecular weight is 331 g/mol. The summed E-state index contributed by atoms with van der Waals surface area (Å²) in [5.74, 6) is 0.946. The smallest absolute Gasteiger partial charge is 0.266 e. The van der Waals surface area contributed by atoms with Gasteiger partial charge < -0.3 is 9.84 Å². The van der Waals surface area contributed by atoms with E-state index in [9.17, 15) is 9.59 Å². The summed E-state index contributed by atoms with van der Waals surface area (Å²) >= 11 is 0. The van der Waals surface area contributed by atoms with Crippen LogP contribution in [0.4, 0.5) is 5.82 Å². The molecular weight excluding hydrogens is 310 g/mol. The summed E-state index contributed by atoms with van der Waals surface area (Å²) in [4.78, 5) is 26.4. The Morgan fingerprint density at radius 1 is 1.46 bits per heavy atom. The monoisotopic (exact) mass is 331 g/mol. The predicted octanol–water partition coefficient (Wildman–Crippen LogP) is 0.852. The zero-order valence-corrected chi connectivity index (χ0v) is 14.1. The Hall–Kier alpha value is -2.48. The number of aryl methyl sites for hydroxylation is 2. The van der Waals surface area contributed by atoms with Gasteiger partial charge >= 0.3 is 0 Å². The van der Waals surface area contributed by atoms with Crippen molar-refractivity contribution >= 4 is 11.7 Å². The molecule has 2 aromatic rings. The van der Waals surface area contributed by atoms with E-state index in [1.165, 1.54) is 4.68 Å². The lowest BCUT2D eigenvalue weighted by Crippen LogP contribution is -2.46. The lowest BCUT2D eigenvalue weighted by atomic mass is 10.0. The summed E-state index contributed by atoms with van der Waals surface area (Å²) < 4.78 is 6.32. The van der Waals surface area contributed by atoms with Crippen molar-refractivity contribution in [2.75, 3.05) is 11.9 Å². The number of rotatable bonds is 4. The quantitative estimate of drug-likeness (QED) is 0.893. The number of amides is 1. The molecule has 8 nitrogen and oxygen atoms in total. The van der Waals surface area contributed by atoms with Gasteiger partial charge in [-0.05, 0) is 18.9 Å². The van der Waals surface area contributed by atoms with Crippen LogP contribution in [0.2, 0.25) is 0 Å². The van der Waals surface area contributed by atoms with E-state index in [0.29, 0.717) is 24.5 Å². The molecule has 1 N–H and O–H groups in total. The maximum atomic E-state index is 12.6. The molecule has 1 aliphatic heterocycles. The normalized spacial score (nSPS) is 15.8. The average Bonchev–Trinajstić information content (AvgIpc) is 2.94. The molecule has 1 atom stereocenters. The van der Waals surface area contributed by atoms with Crippen molar-refractivity contribution in [2.24, 2.45) is 7.05 Å². The van der Waals surface area contributed by atoms with E-state index in [1.54, 1.807) is 26.1 Å². The lowest BCUT2D eigenvalue weighted by molar-refractivity contribution is -0.121. The van der Waals surface area contributed by atoms with Gasteiger partial charge in [-0.2, -0.15) is 5.10 Å². The fraction of sp³-hybridized carbons (Fsp3) is 0.500. The number of nitrogens with one attached hydrogen (secondary N) is 1. The van der Waals surface area contributed by atoms with E-state index in [0.717, 1.165) is 24.2 Å². The second-order valence-corrected chi connectivity index (χ2v) is 6.03. The molecule has 0 bridgehead atoms. The summed E-state index contributed by atoms with van der Waals surface area (Å²) in [7, 11) is 1.65. The van der Waals surface area contributed by atoms with E-state index < -0.39 is 0 Å². The van der Waals surface area contributed by atoms with Crippen molar-refractivity contribution in [2.45, 2.75) is 39.3 Å². The first-order valence-electron chi connectivity index (χ1n) is 8.02. The minimum atomic E-state index is -0.292. The van der Waals surface area contributed by atoms with Gasteiger partial charge in [0.15, 0.2) is 5.82 Å². The molecule has 0 radical (unpaired) electrons. The van der Waals surface area contributed by atoms with Crippen molar-refractivity contribution in [3.05, 3.63) is 39.5 Å². The van der Waals surface area contributed by atoms with E-state index in [1.807, 2.05) is 6.92 Å². The van der Waals surface area contributed by atoms with Gasteiger partial charge in [0.25, 0.3) is 5.56 Å². The molecule has 128 valence electrons. The summed E-state index contributed by atoms with van der Waals surface area (Å²) in [6.45, 7) is 5.01. The SMILES string of the molecule is CC[C@@H](C(=O)Nc1cc(C)on1)N1CCc2nn(C)c(=O)cc2C1. The van der Waals surface area contributed by atoms with Crippen LogP contribution in [0.3, 0.4) is 0 Å². The fourth-order valence-corrected chi connectivity index (χ4v) is 3.03. The largest absolute Gasteiger partial charge is 0.360 e. The van der Waals surface area contributed by atoms with Crippen LogP contribution in [-0.4, -0.2) is 38.3 Å². The number of anilines is 1. The first-order chi connectivity index (χ1) is 11.5. The Kier molecular flexibility index (Phi) is 4.48. The highest BCUT2D eigenvalue weighted by atomic mass is 16.5. The van der Waals surface area contributed by atoms with E-state index >= 15 is 0 Å². The molecule has 0 unspecified atom stereocenters. The van der Waals surface area contributed by atoms with E-state index in [4.69, 9.17) is 4.52 Å². The second-order valence-electron chi connectivity index (χ2n) is 6.03. The maximum absolute atomic E-state index is 12.6. The van der Waals surface area contributed by atoms with Crippen molar-refractivity contribution in [1.29, 1.82) is 0 Å². The molecule has 0 saturated heterocycles. The Morgan fingerprint density at radius 3 is 2.92 bits per heavy atom. The molecule has 0 aliphatic carbocycles. The highest BCUT2D eigenvalue weighted by molar-refractivity contribution is 5.94. The molecule has 1 amide bonds. The topological polar surface area (TPSA) is 93.3 Å². The zero-order valence-electron chi connectivity index (χ0n) is 14.1. The number of fused-ring (bicyclic) bond motifs is 1. The molecule has 2 aromatic heterocycles. The Bertz CT molecular complexity index is 810. The van der Waals surface area contributed by atoms with Crippen molar-refractivity contribution in [1.82, 2.24) is 19.8 Å². The third-order valence-corrected chi connectivity index (χ3v) is 4.28. The van der Waals surface area contributed by atoms with E-state index in [2.05, 4.69) is 20.5 Å². The molecule has 8 heteroatoms. The van der Waals surface area contributed by atoms with Gasteiger partial charge in [0.05, 0.1) is 11.7 Å². The van der Waals surface area contributed by atoms with Crippen molar-refractivity contribution < 1.29 is 9.32 Å². The predicted molar refractivity (Wildman–Crippen MR) is 87.5 cm³/mol. The van der Waals surface area contributed by atoms with Gasteiger partial charge in [-0.25, -0.2) is 4.68 Å². The van der Waals surface area contributed by atoms with Crippen LogP contribution in [0.1, 0.15) is 30.4 Å². The van der Waals surface area contributed by atoms with Gasteiger partial charge in [0.2, 0.25) is 5.91 Å². The Morgan fingerprint density at radius 2 is 2.25 bits per heavy atom. The molecule has 24 heavy (non-hydrogen) atoms. The van der Waals surface area contributed by atoms with Crippen LogP contribution >= 0.6 is 0 Å². The Balaban J connectivity index is 1.75. The van der Waals surface area contributed by atoms with Crippen molar-refractivity contribution in [3.8, 4) is 0 Å². The van der Waals surface area contributed by atoms with Crippen LogP contribution in [0, 0.1) is 6.92 Å². The maximum Gasteiger partial charge on any atom is 0.266 e. The summed E-state index contributed by atoms with van der Waals surface area (Å²) in [5, 5.41) is 10.9. The molecular formula is C16H21N5O3. The van der Waals surface area contributed by atoms with Crippen molar-refractivity contribution in [3.63, 3.8) is 0 Å². The molecule has 0 fully saturated rings. The zero-order chi connectivity index (χ0) is 17.3. The van der Waals surface area contributed by atoms with Crippen LogP contribution < -0.4 is 10.9 Å². The third kappa shape index (κ3) is 3.23. The summed E-state index contributed by atoms with van der Waals surface area (Å²) in [5.41, 5.74) is 1.69.